The van der Waals surface area contributed by atoms with E-state index in [1.54, 1.807) is 24.3 Å². The molecular weight excluding hydrogens is 312 g/mol. The summed E-state index contributed by atoms with van der Waals surface area (Å²) >= 11 is 0. The molecule has 1 aliphatic rings. The fourth-order valence-electron chi connectivity index (χ4n) is 2.05. The molecular formula is C16H14N4O4. The quantitative estimate of drug-likeness (QED) is 0.762. The van der Waals surface area contributed by atoms with Gasteiger partial charge in [0.05, 0.1) is 0 Å². The molecule has 1 aromatic heterocycles. The number of carboxylic acid groups (broad SMARTS) is 1. The molecule has 8 heteroatoms. The number of benzene rings is 1. The van der Waals surface area contributed by atoms with Crippen molar-refractivity contribution in [1.82, 2.24) is 15.3 Å². The zero-order chi connectivity index (χ0) is 17.1. The molecule has 0 radical (unpaired) electrons. The first kappa shape index (κ1) is 15.6. The number of nitrogens with one attached hydrogen (secondary N) is 2. The van der Waals surface area contributed by atoms with Crippen molar-refractivity contribution in [2.45, 2.75) is 18.9 Å². The van der Waals surface area contributed by atoms with E-state index in [0.717, 1.165) is 12.8 Å². The van der Waals surface area contributed by atoms with Gasteiger partial charge in [-0.05, 0) is 37.1 Å². The standard InChI is InChI=1S/C16H14N4O4/c21-14(19-11-5-6-11)9-1-3-10(4-2-9)20-15(22)12-13(16(23)24)18-8-7-17-12/h1-4,7-8,11H,5-6H2,(H,19,21)(H,20,22)(H,23,24). The van der Waals surface area contributed by atoms with Gasteiger partial charge in [-0.15, -0.1) is 0 Å². The second kappa shape index (κ2) is 6.45. The first-order valence-electron chi connectivity index (χ1n) is 7.31. The number of amides is 2. The number of carbonyl (C=O) groups excluding carboxylic acids is 2. The van der Waals surface area contributed by atoms with E-state index in [9.17, 15) is 14.4 Å². The van der Waals surface area contributed by atoms with Crippen LogP contribution in [0.3, 0.4) is 0 Å². The molecule has 8 nitrogen and oxygen atoms in total. The van der Waals surface area contributed by atoms with E-state index in [1.807, 2.05) is 0 Å². The van der Waals surface area contributed by atoms with Crippen LogP contribution in [-0.4, -0.2) is 38.9 Å². The van der Waals surface area contributed by atoms with E-state index >= 15 is 0 Å². The average Bonchev–Trinajstić information content (AvgIpc) is 3.39. The van der Waals surface area contributed by atoms with Gasteiger partial charge in [0.15, 0.2) is 11.4 Å². The van der Waals surface area contributed by atoms with E-state index in [2.05, 4.69) is 20.6 Å². The number of rotatable bonds is 5. The molecule has 0 atom stereocenters. The number of hydrogen-bond acceptors (Lipinski definition) is 5. The Morgan fingerprint density at radius 2 is 1.58 bits per heavy atom. The number of aromatic nitrogens is 2. The molecule has 1 heterocycles. The van der Waals surface area contributed by atoms with Crippen molar-refractivity contribution >= 4 is 23.5 Å². The summed E-state index contributed by atoms with van der Waals surface area (Å²) in [6.45, 7) is 0. The van der Waals surface area contributed by atoms with Gasteiger partial charge in [-0.3, -0.25) is 9.59 Å². The van der Waals surface area contributed by atoms with Crippen LogP contribution in [-0.2, 0) is 0 Å². The maximum Gasteiger partial charge on any atom is 0.356 e. The third-order valence-corrected chi connectivity index (χ3v) is 3.43. The van der Waals surface area contributed by atoms with Crippen molar-refractivity contribution in [2.75, 3.05) is 5.32 Å². The number of aromatic carboxylic acids is 1. The topological polar surface area (TPSA) is 121 Å². The van der Waals surface area contributed by atoms with E-state index in [4.69, 9.17) is 5.11 Å². The lowest BCUT2D eigenvalue weighted by molar-refractivity contribution is 0.0684. The van der Waals surface area contributed by atoms with Crippen LogP contribution < -0.4 is 10.6 Å². The Balaban J connectivity index is 1.70. The lowest BCUT2D eigenvalue weighted by atomic mass is 10.2. The van der Waals surface area contributed by atoms with Gasteiger partial charge >= 0.3 is 5.97 Å². The monoisotopic (exact) mass is 326 g/mol. The van der Waals surface area contributed by atoms with E-state index in [1.165, 1.54) is 12.4 Å². The van der Waals surface area contributed by atoms with E-state index in [0.29, 0.717) is 11.3 Å². The second-order valence-corrected chi connectivity index (χ2v) is 5.34. The van der Waals surface area contributed by atoms with Crippen LogP contribution in [0.2, 0.25) is 0 Å². The molecule has 3 rings (SSSR count). The van der Waals surface area contributed by atoms with E-state index < -0.39 is 17.6 Å². The summed E-state index contributed by atoms with van der Waals surface area (Å²) in [4.78, 5) is 42.5. The van der Waals surface area contributed by atoms with Crippen LogP contribution in [0.5, 0.6) is 0 Å². The Morgan fingerprint density at radius 1 is 0.958 bits per heavy atom. The summed E-state index contributed by atoms with van der Waals surface area (Å²) in [5.74, 6) is -2.17. The van der Waals surface area contributed by atoms with Crippen molar-refractivity contribution in [1.29, 1.82) is 0 Å². The third-order valence-electron chi connectivity index (χ3n) is 3.43. The summed E-state index contributed by atoms with van der Waals surface area (Å²) in [7, 11) is 0. The molecule has 1 aromatic carbocycles. The highest BCUT2D eigenvalue weighted by molar-refractivity contribution is 6.08. The Labute approximate surface area is 136 Å². The predicted octanol–water partition coefficient (Wildman–Crippen LogP) is 1.32. The lowest BCUT2D eigenvalue weighted by Crippen LogP contribution is -2.25. The fraction of sp³-hybridized carbons (Fsp3) is 0.188. The molecule has 0 unspecified atom stereocenters. The van der Waals surface area contributed by atoms with Gasteiger partial charge in [-0.25, -0.2) is 14.8 Å². The summed E-state index contributed by atoms with van der Waals surface area (Å²) in [5.41, 5.74) is 0.214. The summed E-state index contributed by atoms with van der Waals surface area (Å²) in [6, 6.07) is 6.57. The molecule has 0 bridgehead atoms. The van der Waals surface area contributed by atoms with Crippen molar-refractivity contribution < 1.29 is 19.5 Å². The number of anilines is 1. The molecule has 3 N–H and O–H groups in total. The zero-order valence-electron chi connectivity index (χ0n) is 12.5. The molecule has 122 valence electrons. The highest BCUT2D eigenvalue weighted by atomic mass is 16.4. The van der Waals surface area contributed by atoms with Crippen LogP contribution in [0.25, 0.3) is 0 Å². The van der Waals surface area contributed by atoms with Gasteiger partial charge in [0.1, 0.15) is 0 Å². The summed E-state index contributed by atoms with van der Waals surface area (Å²) in [5, 5.41) is 14.4. The van der Waals surface area contributed by atoms with Gasteiger partial charge in [-0.1, -0.05) is 0 Å². The number of hydrogen-bond donors (Lipinski definition) is 3. The highest BCUT2D eigenvalue weighted by Gasteiger charge is 2.24. The molecule has 2 amide bonds. The Kier molecular flexibility index (Phi) is 4.19. The van der Waals surface area contributed by atoms with Crippen LogP contribution >= 0.6 is 0 Å². The maximum atomic E-state index is 12.2. The van der Waals surface area contributed by atoms with Crippen molar-refractivity contribution in [2.24, 2.45) is 0 Å². The summed E-state index contributed by atoms with van der Waals surface area (Å²) < 4.78 is 0. The molecule has 0 saturated heterocycles. The average molecular weight is 326 g/mol. The number of carbonyl (C=O) groups is 3. The van der Waals surface area contributed by atoms with Gasteiger partial charge in [0, 0.05) is 29.7 Å². The van der Waals surface area contributed by atoms with Crippen LogP contribution in [0, 0.1) is 0 Å². The molecule has 24 heavy (non-hydrogen) atoms. The minimum absolute atomic E-state index is 0.155. The van der Waals surface area contributed by atoms with Crippen LogP contribution in [0.4, 0.5) is 5.69 Å². The molecule has 1 saturated carbocycles. The van der Waals surface area contributed by atoms with Gasteiger partial charge in [-0.2, -0.15) is 0 Å². The van der Waals surface area contributed by atoms with E-state index in [-0.39, 0.29) is 17.6 Å². The number of carboxylic acids is 1. The van der Waals surface area contributed by atoms with Crippen LogP contribution in [0.15, 0.2) is 36.7 Å². The Bertz CT molecular complexity index is 800. The molecule has 0 aliphatic heterocycles. The predicted molar refractivity (Wildman–Crippen MR) is 83.9 cm³/mol. The normalized spacial score (nSPS) is 13.2. The minimum Gasteiger partial charge on any atom is -0.476 e. The first-order chi connectivity index (χ1) is 11.5. The van der Waals surface area contributed by atoms with Crippen molar-refractivity contribution in [3.8, 4) is 0 Å². The third kappa shape index (κ3) is 3.54. The number of nitrogens with zero attached hydrogens (tertiary/aromatic N) is 2. The smallest absolute Gasteiger partial charge is 0.356 e. The SMILES string of the molecule is O=C(NC1CC1)c1ccc(NC(=O)c2nccnc2C(=O)O)cc1. The lowest BCUT2D eigenvalue weighted by Gasteiger charge is -2.07. The molecule has 2 aromatic rings. The Hall–Kier alpha value is -3.29. The highest BCUT2D eigenvalue weighted by Crippen LogP contribution is 2.19. The Morgan fingerprint density at radius 3 is 2.17 bits per heavy atom. The maximum absolute atomic E-state index is 12.2. The van der Waals surface area contributed by atoms with Crippen molar-refractivity contribution in [3.05, 3.63) is 53.6 Å². The minimum atomic E-state index is -1.33. The van der Waals surface area contributed by atoms with Crippen LogP contribution in [0.1, 0.15) is 44.2 Å². The molecule has 1 aliphatic carbocycles. The largest absolute Gasteiger partial charge is 0.476 e. The summed E-state index contributed by atoms with van der Waals surface area (Å²) in [6.07, 6.45) is 4.45. The molecule has 0 spiro atoms. The molecule has 1 fully saturated rings. The zero-order valence-corrected chi connectivity index (χ0v) is 12.5. The fourth-order valence-corrected chi connectivity index (χ4v) is 2.05. The van der Waals surface area contributed by atoms with Gasteiger partial charge in [0.2, 0.25) is 0 Å². The first-order valence-corrected chi connectivity index (χ1v) is 7.31. The second-order valence-electron chi connectivity index (χ2n) is 5.34. The van der Waals surface area contributed by atoms with Crippen molar-refractivity contribution in [3.63, 3.8) is 0 Å². The van der Waals surface area contributed by atoms with Gasteiger partial charge < -0.3 is 15.7 Å². The van der Waals surface area contributed by atoms with Gasteiger partial charge in [0.25, 0.3) is 11.8 Å².